The first-order chi connectivity index (χ1) is 11.0. The second kappa shape index (κ2) is 8.29. The van der Waals surface area contributed by atoms with Crippen LogP contribution in [0.4, 0.5) is 5.69 Å². The smallest absolute Gasteiger partial charge is 0.331 e. The van der Waals surface area contributed by atoms with E-state index in [1.54, 1.807) is 18.2 Å². The molecule has 0 aliphatic carbocycles. The lowest BCUT2D eigenvalue weighted by Gasteiger charge is -2.05. The fraction of sp³-hybridized carbons (Fsp3) is 0.111. The number of halogens is 1. The number of carbonyl (C=O) groups excluding carboxylic acids is 2. The molecule has 0 unspecified atom stereocenters. The number of amides is 1. The topological polar surface area (TPSA) is 55.4 Å². The minimum atomic E-state index is -0.569. The second-order valence-corrected chi connectivity index (χ2v) is 5.73. The lowest BCUT2D eigenvalue weighted by Crippen LogP contribution is -2.20. The number of carbonyl (C=O) groups is 2. The summed E-state index contributed by atoms with van der Waals surface area (Å²) in [6.45, 7) is 1.66. The number of aryl methyl sites for hydroxylation is 1. The van der Waals surface area contributed by atoms with E-state index < -0.39 is 5.97 Å². The molecule has 0 fully saturated rings. The van der Waals surface area contributed by atoms with Crippen molar-refractivity contribution in [1.29, 1.82) is 0 Å². The predicted molar refractivity (Wildman–Crippen MR) is 93.9 cm³/mol. The highest BCUT2D eigenvalue weighted by atomic mass is 79.9. The van der Waals surface area contributed by atoms with Gasteiger partial charge in [-0.1, -0.05) is 46.3 Å². The summed E-state index contributed by atoms with van der Waals surface area (Å²) in [4.78, 5) is 23.3. The number of ether oxygens (including phenoxy) is 1. The number of para-hydroxylation sites is 1. The van der Waals surface area contributed by atoms with Gasteiger partial charge in [0.1, 0.15) is 0 Å². The van der Waals surface area contributed by atoms with Crippen LogP contribution in [0.3, 0.4) is 0 Å². The van der Waals surface area contributed by atoms with Crippen LogP contribution >= 0.6 is 15.9 Å². The molecule has 118 valence electrons. The van der Waals surface area contributed by atoms with E-state index in [2.05, 4.69) is 21.2 Å². The van der Waals surface area contributed by atoms with Crippen LogP contribution in [0.25, 0.3) is 6.08 Å². The summed E-state index contributed by atoms with van der Waals surface area (Å²) in [6, 6.07) is 14.8. The third-order valence-corrected chi connectivity index (χ3v) is 3.64. The third-order valence-electron chi connectivity index (χ3n) is 2.96. The quantitative estimate of drug-likeness (QED) is 0.637. The van der Waals surface area contributed by atoms with Gasteiger partial charge in [-0.3, -0.25) is 4.79 Å². The Balaban J connectivity index is 1.82. The zero-order chi connectivity index (χ0) is 16.7. The van der Waals surface area contributed by atoms with Gasteiger partial charge in [0.25, 0.3) is 5.91 Å². The normalized spacial score (nSPS) is 10.5. The molecule has 23 heavy (non-hydrogen) atoms. The average Bonchev–Trinajstić information content (AvgIpc) is 2.53. The number of rotatable bonds is 5. The molecule has 0 aromatic heterocycles. The fourth-order valence-corrected chi connectivity index (χ4v) is 2.45. The van der Waals surface area contributed by atoms with E-state index in [0.717, 1.165) is 15.6 Å². The zero-order valence-corrected chi connectivity index (χ0v) is 14.2. The van der Waals surface area contributed by atoms with Gasteiger partial charge in [-0.2, -0.15) is 0 Å². The Kier molecular flexibility index (Phi) is 6.11. The molecule has 4 nitrogen and oxygen atoms in total. The lowest BCUT2D eigenvalue weighted by molar-refractivity contribution is -0.142. The molecular formula is C18H16BrNO3. The van der Waals surface area contributed by atoms with Crippen LogP contribution in [0.15, 0.2) is 59.1 Å². The van der Waals surface area contributed by atoms with Crippen molar-refractivity contribution in [3.63, 3.8) is 0 Å². The van der Waals surface area contributed by atoms with E-state index in [9.17, 15) is 9.59 Å². The van der Waals surface area contributed by atoms with Gasteiger partial charge in [-0.05, 0) is 42.3 Å². The van der Waals surface area contributed by atoms with Gasteiger partial charge in [0.2, 0.25) is 0 Å². The fourth-order valence-electron chi connectivity index (χ4n) is 1.83. The summed E-state index contributed by atoms with van der Waals surface area (Å²) < 4.78 is 5.80. The molecule has 0 spiro atoms. The lowest BCUT2D eigenvalue weighted by atomic mass is 10.1. The summed E-state index contributed by atoms with van der Waals surface area (Å²) in [5, 5.41) is 2.64. The number of hydrogen-bond acceptors (Lipinski definition) is 3. The molecule has 5 heteroatoms. The Hall–Kier alpha value is -2.40. The van der Waals surface area contributed by atoms with Gasteiger partial charge in [-0.25, -0.2) is 4.79 Å². The third kappa shape index (κ3) is 5.71. The molecule has 0 aliphatic rings. The number of benzene rings is 2. The van der Waals surface area contributed by atoms with Gasteiger partial charge in [-0.15, -0.1) is 0 Å². The maximum Gasteiger partial charge on any atom is 0.331 e. The number of hydrogen-bond donors (Lipinski definition) is 1. The van der Waals surface area contributed by atoms with E-state index in [-0.39, 0.29) is 12.5 Å². The molecule has 0 aliphatic heterocycles. The largest absolute Gasteiger partial charge is 0.452 e. The maximum absolute atomic E-state index is 11.7. The van der Waals surface area contributed by atoms with Gasteiger partial charge in [0, 0.05) is 16.2 Å². The number of anilines is 1. The first kappa shape index (κ1) is 17.0. The van der Waals surface area contributed by atoms with Crippen LogP contribution in [0.1, 0.15) is 11.1 Å². The highest BCUT2D eigenvalue weighted by Gasteiger charge is 2.05. The monoisotopic (exact) mass is 373 g/mol. The van der Waals surface area contributed by atoms with Gasteiger partial charge in [0.15, 0.2) is 6.61 Å². The van der Waals surface area contributed by atoms with E-state index in [1.807, 2.05) is 43.3 Å². The van der Waals surface area contributed by atoms with Gasteiger partial charge < -0.3 is 10.1 Å². The molecule has 0 bridgehead atoms. The highest BCUT2D eigenvalue weighted by Crippen LogP contribution is 2.19. The predicted octanol–water partition coefficient (Wildman–Crippen LogP) is 3.95. The van der Waals surface area contributed by atoms with Crippen molar-refractivity contribution in [3.05, 3.63) is 70.2 Å². The van der Waals surface area contributed by atoms with E-state index in [1.165, 1.54) is 6.08 Å². The molecule has 0 saturated carbocycles. The molecule has 1 amide bonds. The molecule has 2 aromatic rings. The van der Waals surface area contributed by atoms with Crippen molar-refractivity contribution in [2.24, 2.45) is 0 Å². The average molecular weight is 374 g/mol. The van der Waals surface area contributed by atoms with Crippen molar-refractivity contribution in [1.82, 2.24) is 0 Å². The Labute approximate surface area is 143 Å². The molecule has 2 rings (SSSR count). The van der Waals surface area contributed by atoms with Gasteiger partial charge >= 0.3 is 5.97 Å². The summed E-state index contributed by atoms with van der Waals surface area (Å²) in [5.41, 5.74) is 2.64. The minimum absolute atomic E-state index is 0.326. The molecule has 0 atom stereocenters. The maximum atomic E-state index is 11.7. The number of esters is 1. The molecule has 0 heterocycles. The Morgan fingerprint density at radius 1 is 1.17 bits per heavy atom. The van der Waals surface area contributed by atoms with Crippen molar-refractivity contribution in [3.8, 4) is 0 Å². The van der Waals surface area contributed by atoms with Crippen molar-refractivity contribution < 1.29 is 14.3 Å². The SMILES string of the molecule is Cc1ccc(/C=C/C(=O)OCC(=O)Nc2ccccc2)c(Br)c1. The highest BCUT2D eigenvalue weighted by molar-refractivity contribution is 9.10. The van der Waals surface area contributed by atoms with Crippen LogP contribution in [0, 0.1) is 6.92 Å². The van der Waals surface area contributed by atoms with Crippen LogP contribution < -0.4 is 5.32 Å². The number of nitrogens with one attached hydrogen (secondary N) is 1. The first-order valence-electron chi connectivity index (χ1n) is 7.00. The first-order valence-corrected chi connectivity index (χ1v) is 7.80. The molecular weight excluding hydrogens is 358 g/mol. The van der Waals surface area contributed by atoms with Crippen LogP contribution in [0.2, 0.25) is 0 Å². The molecule has 0 radical (unpaired) electrons. The Morgan fingerprint density at radius 3 is 2.61 bits per heavy atom. The van der Waals surface area contributed by atoms with Gasteiger partial charge in [0.05, 0.1) is 0 Å². The zero-order valence-electron chi connectivity index (χ0n) is 12.6. The van der Waals surface area contributed by atoms with Crippen LogP contribution in [-0.4, -0.2) is 18.5 Å². The van der Waals surface area contributed by atoms with Crippen LogP contribution in [-0.2, 0) is 14.3 Å². The minimum Gasteiger partial charge on any atom is -0.452 e. The summed E-state index contributed by atoms with van der Waals surface area (Å²) >= 11 is 3.43. The van der Waals surface area contributed by atoms with Crippen LogP contribution in [0.5, 0.6) is 0 Å². The van der Waals surface area contributed by atoms with E-state index in [0.29, 0.717) is 5.69 Å². The summed E-state index contributed by atoms with van der Waals surface area (Å²) in [7, 11) is 0. The standard InChI is InChI=1S/C18H16BrNO3/c1-13-7-8-14(16(19)11-13)9-10-18(22)23-12-17(21)20-15-5-3-2-4-6-15/h2-11H,12H2,1H3,(H,20,21)/b10-9+. The second-order valence-electron chi connectivity index (χ2n) is 4.88. The van der Waals surface area contributed by atoms with Crippen molar-refractivity contribution in [2.45, 2.75) is 6.92 Å². The van der Waals surface area contributed by atoms with E-state index >= 15 is 0 Å². The summed E-state index contributed by atoms with van der Waals surface area (Å²) in [6.07, 6.45) is 2.94. The molecule has 0 saturated heterocycles. The van der Waals surface area contributed by atoms with E-state index in [4.69, 9.17) is 4.74 Å². The molecule has 1 N–H and O–H groups in total. The molecule has 2 aromatic carbocycles. The Morgan fingerprint density at radius 2 is 1.91 bits per heavy atom. The van der Waals surface area contributed by atoms with Crippen molar-refractivity contribution in [2.75, 3.05) is 11.9 Å². The summed E-state index contributed by atoms with van der Waals surface area (Å²) in [5.74, 6) is -0.949. The Bertz CT molecular complexity index is 726. The van der Waals surface area contributed by atoms with Crippen molar-refractivity contribution >= 4 is 39.6 Å².